The van der Waals surface area contributed by atoms with Crippen LogP contribution in [0.1, 0.15) is 30.9 Å². The van der Waals surface area contributed by atoms with E-state index in [4.69, 9.17) is 22.1 Å². The molecule has 2 heterocycles. The molecule has 0 aliphatic heterocycles. The highest BCUT2D eigenvalue weighted by Crippen LogP contribution is 2.38. The first-order valence-electron chi connectivity index (χ1n) is 15.6. The number of hydrogen-bond acceptors (Lipinski definition) is 10. The summed E-state index contributed by atoms with van der Waals surface area (Å²) in [5.74, 6) is -0.518. The molecule has 0 bridgehead atoms. The van der Waals surface area contributed by atoms with Crippen LogP contribution in [0.15, 0.2) is 61.1 Å². The third-order valence-electron chi connectivity index (χ3n) is 8.64. The van der Waals surface area contributed by atoms with Gasteiger partial charge in [-0.3, -0.25) is 4.79 Å². The summed E-state index contributed by atoms with van der Waals surface area (Å²) in [5, 5.41) is 39.2. The smallest absolute Gasteiger partial charge is 0.320 e. The predicted octanol–water partition coefficient (Wildman–Crippen LogP) is 3.62. The molecule has 7 N–H and O–H groups in total. The highest BCUT2D eigenvalue weighted by Gasteiger charge is 2.43. The summed E-state index contributed by atoms with van der Waals surface area (Å²) in [6.45, 7) is 2.55. The van der Waals surface area contributed by atoms with Gasteiger partial charge in [0.15, 0.2) is 11.6 Å². The lowest BCUT2D eigenvalue weighted by Crippen LogP contribution is -2.40. The van der Waals surface area contributed by atoms with E-state index >= 15 is 0 Å². The molecule has 14 heteroatoms. The van der Waals surface area contributed by atoms with Gasteiger partial charge in [0.1, 0.15) is 35.7 Å². The molecule has 252 valence electrons. The second kappa shape index (κ2) is 15.8. The summed E-state index contributed by atoms with van der Waals surface area (Å²) in [4.78, 5) is 22.1. The molecule has 1 saturated carbocycles. The predicted molar refractivity (Wildman–Crippen MR) is 177 cm³/mol. The molecule has 2 aromatic carbocycles. The van der Waals surface area contributed by atoms with E-state index in [0.717, 1.165) is 10.9 Å². The molecule has 5 rings (SSSR count). The van der Waals surface area contributed by atoms with Crippen molar-refractivity contribution in [3.8, 4) is 11.5 Å². The Morgan fingerprint density at radius 2 is 1.96 bits per heavy atom. The van der Waals surface area contributed by atoms with E-state index in [-0.39, 0.29) is 24.1 Å². The molecule has 1 aliphatic rings. The average Bonchev–Trinajstić information content (AvgIpc) is 3.61. The molecule has 0 amide bonds. The number of anilines is 1. The Morgan fingerprint density at radius 1 is 1.17 bits per heavy atom. The first-order valence-corrected chi connectivity index (χ1v) is 16.0. The number of aromatic nitrogens is 3. The van der Waals surface area contributed by atoms with Crippen LogP contribution >= 0.6 is 11.6 Å². The van der Waals surface area contributed by atoms with Gasteiger partial charge in [-0.2, -0.15) is 0 Å². The summed E-state index contributed by atoms with van der Waals surface area (Å²) in [6, 6.07) is 12.0. The number of carboxylic acid groups (broad SMARTS) is 1. The van der Waals surface area contributed by atoms with Gasteiger partial charge in [-0.25, -0.2) is 14.4 Å². The maximum atomic E-state index is 14.7. The van der Waals surface area contributed by atoms with Crippen molar-refractivity contribution >= 4 is 34.4 Å². The second-order valence-electron chi connectivity index (χ2n) is 11.9. The van der Waals surface area contributed by atoms with Crippen molar-refractivity contribution in [1.29, 1.82) is 0 Å². The van der Waals surface area contributed by atoms with Crippen LogP contribution in [-0.4, -0.2) is 92.2 Å². The molecular weight excluding hydrogens is 629 g/mol. The monoisotopic (exact) mass is 669 g/mol. The van der Waals surface area contributed by atoms with Crippen LogP contribution in [0.4, 0.5) is 10.2 Å². The maximum absolute atomic E-state index is 14.7. The molecule has 0 spiro atoms. The molecule has 1 fully saturated rings. The Balaban J connectivity index is 1.15. The fourth-order valence-electron chi connectivity index (χ4n) is 6.09. The summed E-state index contributed by atoms with van der Waals surface area (Å²) < 4.78 is 22.2. The Morgan fingerprint density at radius 3 is 2.68 bits per heavy atom. The summed E-state index contributed by atoms with van der Waals surface area (Å²) in [5.41, 5.74) is 7.23. The topological polar surface area (TPSA) is 171 Å². The van der Waals surface area contributed by atoms with Gasteiger partial charge in [0.25, 0.3) is 0 Å². The quantitative estimate of drug-likeness (QED) is 0.0963. The van der Waals surface area contributed by atoms with Crippen LogP contribution in [0.3, 0.4) is 0 Å². The van der Waals surface area contributed by atoms with E-state index in [1.165, 1.54) is 12.4 Å². The molecule has 5 atom stereocenters. The number of halogens is 2. The Labute approximate surface area is 277 Å². The normalized spacial score (nSPS) is 20.1. The summed E-state index contributed by atoms with van der Waals surface area (Å²) >= 11 is 5.90. The third-order valence-corrected chi connectivity index (χ3v) is 8.89. The molecule has 0 saturated heterocycles. The minimum atomic E-state index is -1.07. The third kappa shape index (κ3) is 8.55. The van der Waals surface area contributed by atoms with Gasteiger partial charge in [0, 0.05) is 43.8 Å². The average molecular weight is 670 g/mol. The lowest BCUT2D eigenvalue weighted by atomic mass is 10.0. The van der Waals surface area contributed by atoms with Crippen molar-refractivity contribution in [2.75, 3.05) is 38.5 Å². The van der Waals surface area contributed by atoms with Gasteiger partial charge in [-0.15, -0.1) is 0 Å². The van der Waals surface area contributed by atoms with Crippen molar-refractivity contribution in [2.24, 2.45) is 11.7 Å². The van der Waals surface area contributed by atoms with Crippen molar-refractivity contribution < 1.29 is 29.2 Å². The van der Waals surface area contributed by atoms with Gasteiger partial charge in [-0.05, 0) is 80.4 Å². The molecule has 12 nitrogen and oxygen atoms in total. The number of carbonyl (C=O) groups is 1. The number of aliphatic hydroxyl groups is 2. The molecule has 0 radical (unpaired) electrons. The van der Waals surface area contributed by atoms with Crippen LogP contribution in [0.2, 0.25) is 5.02 Å². The lowest BCUT2D eigenvalue weighted by molar-refractivity contribution is -0.138. The number of carboxylic acids is 1. The van der Waals surface area contributed by atoms with Crippen molar-refractivity contribution in [3.05, 3.63) is 77.5 Å². The highest BCUT2D eigenvalue weighted by atomic mass is 35.5. The van der Waals surface area contributed by atoms with E-state index in [1.54, 1.807) is 43.4 Å². The number of benzene rings is 2. The molecular formula is C33H41ClFN7O5. The standard InChI is InChI=1S/C33H41ClFN7O5/c1-37-31-24-9-14-42(32(24)40-19-39-31)27-16-21(29(43)30(27)44)18-41(13-10-26(36)33(45)46)12-2-11-38-17-20-3-8-28(25(35)15-20)47-23-6-4-22(34)5-7-23/h3-9,14-15,19,21,26-27,29-30,38,43-44H,2,10-13,16-18,36H2,1H3,(H,45,46)(H,37,39,40)/t21-,26?,27-,29-,30+/m1/s1. The van der Waals surface area contributed by atoms with E-state index in [2.05, 4.69) is 25.5 Å². The first-order chi connectivity index (χ1) is 22.6. The van der Waals surface area contributed by atoms with Crippen molar-refractivity contribution in [3.63, 3.8) is 0 Å². The van der Waals surface area contributed by atoms with E-state index in [1.807, 2.05) is 16.8 Å². The maximum Gasteiger partial charge on any atom is 0.320 e. The Kier molecular flexibility index (Phi) is 11.6. The number of aliphatic hydroxyl groups excluding tert-OH is 2. The number of rotatable bonds is 16. The summed E-state index contributed by atoms with van der Waals surface area (Å²) in [6.07, 6.45) is 2.80. The van der Waals surface area contributed by atoms with Gasteiger partial charge in [-0.1, -0.05) is 17.7 Å². The van der Waals surface area contributed by atoms with Crippen LogP contribution in [0.25, 0.3) is 11.0 Å². The largest absolute Gasteiger partial charge is 0.480 e. The minimum Gasteiger partial charge on any atom is -0.480 e. The molecule has 2 aromatic heterocycles. The zero-order valence-corrected chi connectivity index (χ0v) is 26.9. The number of fused-ring (bicyclic) bond motifs is 1. The fourth-order valence-corrected chi connectivity index (χ4v) is 6.22. The van der Waals surface area contributed by atoms with Crippen molar-refractivity contribution in [1.82, 2.24) is 24.8 Å². The number of nitrogens with one attached hydrogen (secondary N) is 2. The molecule has 1 aliphatic carbocycles. The summed E-state index contributed by atoms with van der Waals surface area (Å²) in [7, 11) is 1.78. The zero-order chi connectivity index (χ0) is 33.5. The van der Waals surface area contributed by atoms with Gasteiger partial charge >= 0.3 is 5.97 Å². The van der Waals surface area contributed by atoms with E-state index < -0.39 is 30.0 Å². The van der Waals surface area contributed by atoms with Crippen LogP contribution in [0, 0.1) is 11.7 Å². The number of nitrogens with zero attached hydrogens (tertiary/aromatic N) is 4. The highest BCUT2D eigenvalue weighted by molar-refractivity contribution is 6.30. The number of aliphatic carboxylic acids is 1. The number of hydrogen-bond donors (Lipinski definition) is 6. The SMILES string of the molecule is CNc1ncnc2c1ccn2[C@@H]1C[C@H](CN(CCCNCc2ccc(Oc3ccc(Cl)cc3)c(F)c2)CCC(N)C(=O)O)[C@@H](O)[C@H]1O. The Hall–Kier alpha value is -3.85. The van der Waals surface area contributed by atoms with Crippen LogP contribution < -0.4 is 21.1 Å². The second-order valence-corrected chi connectivity index (χ2v) is 12.3. The van der Waals surface area contributed by atoms with E-state index in [0.29, 0.717) is 67.8 Å². The van der Waals surface area contributed by atoms with Gasteiger partial charge in [0.2, 0.25) is 0 Å². The first kappa shape index (κ1) is 34.5. The lowest BCUT2D eigenvalue weighted by Gasteiger charge is -2.28. The van der Waals surface area contributed by atoms with Crippen LogP contribution in [-0.2, 0) is 11.3 Å². The Bertz CT molecular complexity index is 1640. The molecule has 4 aromatic rings. The molecule has 1 unspecified atom stereocenters. The van der Waals surface area contributed by atoms with E-state index in [9.17, 15) is 24.5 Å². The fraction of sp³-hybridized carbons (Fsp3) is 0.424. The zero-order valence-electron chi connectivity index (χ0n) is 26.1. The van der Waals surface area contributed by atoms with Crippen molar-refractivity contribution in [2.45, 2.75) is 50.1 Å². The number of ether oxygens (including phenoxy) is 1. The van der Waals surface area contributed by atoms with Gasteiger partial charge in [0.05, 0.1) is 17.5 Å². The molecule has 47 heavy (non-hydrogen) atoms. The van der Waals surface area contributed by atoms with Gasteiger partial charge < -0.3 is 45.9 Å². The number of nitrogens with two attached hydrogens (primary N) is 1. The minimum absolute atomic E-state index is 0.119. The van der Waals surface area contributed by atoms with Crippen LogP contribution in [0.5, 0.6) is 11.5 Å².